The van der Waals surface area contributed by atoms with Gasteiger partial charge in [-0.2, -0.15) is 5.10 Å². The van der Waals surface area contributed by atoms with Gasteiger partial charge in [-0.25, -0.2) is 4.68 Å². The summed E-state index contributed by atoms with van der Waals surface area (Å²) in [7, 11) is 0. The Balaban J connectivity index is 2.88. The SMILES string of the molecule is N=C(N)C(=O)n1cccn1. The maximum atomic E-state index is 10.8. The maximum absolute atomic E-state index is 10.8. The van der Waals surface area contributed by atoms with E-state index in [-0.39, 0.29) is 0 Å². The Hall–Kier alpha value is -1.65. The lowest BCUT2D eigenvalue weighted by Gasteiger charge is -1.93. The number of hydrogen-bond donors (Lipinski definition) is 2. The van der Waals surface area contributed by atoms with Crippen LogP contribution in [-0.2, 0) is 0 Å². The van der Waals surface area contributed by atoms with Crippen molar-refractivity contribution in [2.45, 2.75) is 0 Å². The number of carbonyl (C=O) groups is 1. The number of aromatic nitrogens is 2. The summed E-state index contributed by atoms with van der Waals surface area (Å²) in [5, 5.41) is 10.3. The van der Waals surface area contributed by atoms with E-state index in [4.69, 9.17) is 11.1 Å². The van der Waals surface area contributed by atoms with Crippen LogP contribution in [0, 0.1) is 5.41 Å². The molecule has 0 saturated heterocycles. The highest BCUT2D eigenvalue weighted by molar-refractivity contribution is 6.36. The van der Waals surface area contributed by atoms with Crippen LogP contribution in [0.25, 0.3) is 0 Å². The van der Waals surface area contributed by atoms with E-state index in [0.29, 0.717) is 0 Å². The van der Waals surface area contributed by atoms with Gasteiger partial charge in [-0.05, 0) is 6.07 Å². The molecular formula is C5H6N4O. The number of nitrogens with zero attached hydrogens (tertiary/aromatic N) is 2. The topological polar surface area (TPSA) is 84.8 Å². The fourth-order valence-electron chi connectivity index (χ4n) is 0.512. The first-order valence-electron chi connectivity index (χ1n) is 2.60. The van der Waals surface area contributed by atoms with Crippen LogP contribution in [0.2, 0.25) is 0 Å². The van der Waals surface area contributed by atoms with Crippen molar-refractivity contribution in [2.75, 3.05) is 0 Å². The zero-order valence-electron chi connectivity index (χ0n) is 5.11. The molecule has 1 rings (SSSR count). The average molecular weight is 138 g/mol. The summed E-state index contributed by atoms with van der Waals surface area (Å²) in [5.41, 5.74) is 4.90. The van der Waals surface area contributed by atoms with Crippen molar-refractivity contribution >= 4 is 11.7 Å². The van der Waals surface area contributed by atoms with E-state index in [0.717, 1.165) is 4.68 Å². The Labute approximate surface area is 57.0 Å². The number of amidine groups is 1. The van der Waals surface area contributed by atoms with Gasteiger partial charge in [-0.15, -0.1) is 0 Å². The van der Waals surface area contributed by atoms with Crippen LogP contribution in [-0.4, -0.2) is 21.5 Å². The van der Waals surface area contributed by atoms with Gasteiger partial charge in [0.2, 0.25) is 0 Å². The van der Waals surface area contributed by atoms with E-state index in [9.17, 15) is 4.79 Å². The normalized spacial score (nSPS) is 9.20. The van der Waals surface area contributed by atoms with E-state index in [2.05, 4.69) is 5.10 Å². The van der Waals surface area contributed by atoms with E-state index in [1.807, 2.05) is 0 Å². The molecule has 0 aliphatic rings. The molecule has 0 aromatic carbocycles. The molecule has 0 bridgehead atoms. The molecule has 0 amide bonds. The predicted octanol–water partition coefficient (Wildman–Crippen LogP) is -0.541. The third-order valence-electron chi connectivity index (χ3n) is 0.943. The number of rotatable bonds is 0. The summed E-state index contributed by atoms with van der Waals surface area (Å²) in [6.45, 7) is 0. The lowest BCUT2D eigenvalue weighted by atomic mass is 10.6. The van der Waals surface area contributed by atoms with Crippen molar-refractivity contribution in [1.29, 1.82) is 5.41 Å². The van der Waals surface area contributed by atoms with Crippen molar-refractivity contribution < 1.29 is 4.79 Å². The van der Waals surface area contributed by atoms with Gasteiger partial charge < -0.3 is 5.73 Å². The Morgan fingerprint density at radius 1 is 1.70 bits per heavy atom. The van der Waals surface area contributed by atoms with E-state index in [1.165, 1.54) is 12.4 Å². The van der Waals surface area contributed by atoms with Gasteiger partial charge in [0.25, 0.3) is 0 Å². The van der Waals surface area contributed by atoms with Crippen molar-refractivity contribution in [1.82, 2.24) is 9.78 Å². The van der Waals surface area contributed by atoms with Crippen LogP contribution in [0.5, 0.6) is 0 Å². The van der Waals surface area contributed by atoms with Crippen LogP contribution in [0.15, 0.2) is 18.5 Å². The molecule has 52 valence electrons. The van der Waals surface area contributed by atoms with Gasteiger partial charge in [-0.1, -0.05) is 0 Å². The molecule has 3 N–H and O–H groups in total. The summed E-state index contributed by atoms with van der Waals surface area (Å²) in [6.07, 6.45) is 2.88. The standard InChI is InChI=1S/C5H6N4O/c6-4(7)5(10)9-3-1-2-8-9/h1-3H,(H3,6,7). The Morgan fingerprint density at radius 3 is 2.80 bits per heavy atom. The van der Waals surface area contributed by atoms with Crippen LogP contribution in [0.4, 0.5) is 0 Å². The largest absolute Gasteiger partial charge is 0.380 e. The zero-order chi connectivity index (χ0) is 7.56. The first kappa shape index (κ1) is 6.47. The molecule has 0 spiro atoms. The van der Waals surface area contributed by atoms with Gasteiger partial charge in [0.05, 0.1) is 0 Å². The fourth-order valence-corrected chi connectivity index (χ4v) is 0.512. The van der Waals surface area contributed by atoms with Crippen LogP contribution in [0.1, 0.15) is 4.79 Å². The predicted molar refractivity (Wildman–Crippen MR) is 34.8 cm³/mol. The number of nitrogens with one attached hydrogen (secondary N) is 1. The molecule has 1 aromatic heterocycles. The number of nitrogens with two attached hydrogens (primary N) is 1. The van der Waals surface area contributed by atoms with Gasteiger partial charge in [0.1, 0.15) is 0 Å². The maximum Gasteiger partial charge on any atom is 0.312 e. The molecule has 0 saturated carbocycles. The van der Waals surface area contributed by atoms with Crippen LogP contribution < -0.4 is 5.73 Å². The smallest absolute Gasteiger partial charge is 0.312 e. The fraction of sp³-hybridized carbons (Fsp3) is 0. The minimum absolute atomic E-state index is 0.510. The molecule has 5 nitrogen and oxygen atoms in total. The Kier molecular flexibility index (Phi) is 1.49. The lowest BCUT2D eigenvalue weighted by molar-refractivity contribution is 0.0973. The second kappa shape index (κ2) is 2.30. The first-order valence-corrected chi connectivity index (χ1v) is 2.60. The van der Waals surface area contributed by atoms with Crippen LogP contribution in [0.3, 0.4) is 0 Å². The highest BCUT2D eigenvalue weighted by atomic mass is 16.2. The summed E-state index contributed by atoms with van der Waals surface area (Å²) in [5.74, 6) is -1.12. The second-order valence-electron chi connectivity index (χ2n) is 1.67. The number of hydrogen-bond acceptors (Lipinski definition) is 3. The Bertz CT molecular complexity index is 251. The minimum atomic E-state index is -0.606. The molecule has 1 aromatic rings. The third kappa shape index (κ3) is 1.02. The third-order valence-corrected chi connectivity index (χ3v) is 0.943. The monoisotopic (exact) mass is 138 g/mol. The molecule has 0 unspecified atom stereocenters. The first-order chi connectivity index (χ1) is 4.72. The van der Waals surface area contributed by atoms with E-state index in [1.54, 1.807) is 6.07 Å². The van der Waals surface area contributed by atoms with E-state index >= 15 is 0 Å². The molecule has 0 aliphatic carbocycles. The quantitative estimate of drug-likeness (QED) is 0.373. The molecular weight excluding hydrogens is 132 g/mol. The molecule has 5 heteroatoms. The van der Waals surface area contributed by atoms with Crippen molar-refractivity contribution in [3.05, 3.63) is 18.5 Å². The molecule has 1 heterocycles. The van der Waals surface area contributed by atoms with Gasteiger partial charge in [-0.3, -0.25) is 10.2 Å². The summed E-state index contributed by atoms with van der Waals surface area (Å²) in [4.78, 5) is 10.8. The van der Waals surface area contributed by atoms with Crippen molar-refractivity contribution in [3.63, 3.8) is 0 Å². The molecule has 0 radical (unpaired) electrons. The van der Waals surface area contributed by atoms with E-state index < -0.39 is 11.7 Å². The number of carbonyl (C=O) groups excluding carboxylic acids is 1. The lowest BCUT2D eigenvalue weighted by Crippen LogP contribution is -2.28. The molecule has 0 atom stereocenters. The molecule has 0 aliphatic heterocycles. The highest BCUT2D eigenvalue weighted by Gasteiger charge is 2.05. The zero-order valence-corrected chi connectivity index (χ0v) is 5.11. The minimum Gasteiger partial charge on any atom is -0.380 e. The van der Waals surface area contributed by atoms with Gasteiger partial charge in [0, 0.05) is 12.4 Å². The van der Waals surface area contributed by atoms with Crippen molar-refractivity contribution in [3.8, 4) is 0 Å². The highest BCUT2D eigenvalue weighted by Crippen LogP contribution is 1.82. The summed E-state index contributed by atoms with van der Waals surface area (Å²) >= 11 is 0. The molecule has 0 fully saturated rings. The van der Waals surface area contributed by atoms with Gasteiger partial charge >= 0.3 is 5.91 Å². The van der Waals surface area contributed by atoms with Gasteiger partial charge in [0.15, 0.2) is 5.84 Å². The second-order valence-corrected chi connectivity index (χ2v) is 1.67. The van der Waals surface area contributed by atoms with Crippen molar-refractivity contribution in [2.24, 2.45) is 5.73 Å². The van der Waals surface area contributed by atoms with Crippen LogP contribution >= 0.6 is 0 Å². The Morgan fingerprint density at radius 2 is 2.40 bits per heavy atom. The molecule has 10 heavy (non-hydrogen) atoms. The average Bonchev–Trinajstić information content (AvgIpc) is 2.36. The summed E-state index contributed by atoms with van der Waals surface area (Å²) < 4.78 is 1.00. The summed E-state index contributed by atoms with van der Waals surface area (Å²) in [6, 6.07) is 1.58.